The van der Waals surface area contributed by atoms with Crippen molar-refractivity contribution in [3.63, 3.8) is 0 Å². The second-order valence-electron chi connectivity index (χ2n) is 6.96. The number of carbonyl (C=O) groups is 3. The number of hydrogen-bond donors (Lipinski definition) is 0. The molecule has 4 rings (SSSR count). The van der Waals surface area contributed by atoms with Crippen LogP contribution in [-0.2, 0) is 6.42 Å². The molecule has 1 aliphatic rings. The second kappa shape index (κ2) is 7.72. The van der Waals surface area contributed by atoms with Crippen molar-refractivity contribution in [2.45, 2.75) is 13.3 Å². The van der Waals surface area contributed by atoms with Crippen molar-refractivity contribution in [2.24, 2.45) is 0 Å². The number of imide groups is 1. The molecule has 3 aromatic carbocycles. The van der Waals surface area contributed by atoms with Crippen molar-refractivity contribution in [1.29, 1.82) is 0 Å². The van der Waals surface area contributed by atoms with Crippen LogP contribution in [0, 0.1) is 6.92 Å². The molecule has 1 aliphatic heterocycles. The van der Waals surface area contributed by atoms with Gasteiger partial charge in [-0.15, -0.1) is 0 Å². The van der Waals surface area contributed by atoms with Gasteiger partial charge in [0.25, 0.3) is 11.8 Å². The van der Waals surface area contributed by atoms with Gasteiger partial charge in [-0.1, -0.05) is 42.0 Å². The molecule has 0 radical (unpaired) electrons. The van der Waals surface area contributed by atoms with Gasteiger partial charge in [0.05, 0.1) is 16.7 Å². The molecule has 0 fully saturated rings. The van der Waals surface area contributed by atoms with Gasteiger partial charge in [0.2, 0.25) is 0 Å². The Labute approximate surface area is 168 Å². The summed E-state index contributed by atoms with van der Waals surface area (Å²) in [6, 6.07) is 21.2. The fraction of sp³-hybridized carbons (Fsp3) is 0.125. The molecule has 3 aromatic rings. The van der Waals surface area contributed by atoms with Crippen LogP contribution in [0.15, 0.2) is 72.8 Å². The average Bonchev–Trinajstić information content (AvgIpc) is 2.98. The summed E-state index contributed by atoms with van der Waals surface area (Å²) < 4.78 is 5.41. The molecular weight excluding hydrogens is 366 g/mol. The fourth-order valence-corrected chi connectivity index (χ4v) is 3.35. The molecule has 5 nitrogen and oxygen atoms in total. The molecule has 0 bridgehead atoms. The number of amides is 2. The van der Waals surface area contributed by atoms with Gasteiger partial charge < -0.3 is 4.74 Å². The maximum Gasteiger partial charge on any atom is 0.343 e. The van der Waals surface area contributed by atoms with Gasteiger partial charge in [0.15, 0.2) is 0 Å². The Bertz CT molecular complexity index is 1070. The van der Waals surface area contributed by atoms with Crippen LogP contribution in [-0.4, -0.2) is 29.2 Å². The average molecular weight is 385 g/mol. The number of rotatable bonds is 5. The van der Waals surface area contributed by atoms with E-state index in [-0.39, 0.29) is 11.8 Å². The predicted octanol–water partition coefficient (Wildman–Crippen LogP) is 4.05. The first-order chi connectivity index (χ1) is 14.0. The van der Waals surface area contributed by atoms with E-state index in [1.54, 1.807) is 48.5 Å². The van der Waals surface area contributed by atoms with Crippen molar-refractivity contribution < 1.29 is 19.1 Å². The topological polar surface area (TPSA) is 63.7 Å². The van der Waals surface area contributed by atoms with E-state index in [2.05, 4.69) is 0 Å². The molecule has 0 N–H and O–H groups in total. The smallest absolute Gasteiger partial charge is 0.343 e. The van der Waals surface area contributed by atoms with Gasteiger partial charge in [0.1, 0.15) is 5.75 Å². The molecule has 0 unspecified atom stereocenters. The van der Waals surface area contributed by atoms with Crippen molar-refractivity contribution in [1.82, 2.24) is 4.90 Å². The maximum atomic E-state index is 12.4. The summed E-state index contributed by atoms with van der Waals surface area (Å²) >= 11 is 0. The van der Waals surface area contributed by atoms with Crippen molar-refractivity contribution in [3.8, 4) is 5.75 Å². The molecule has 5 heteroatoms. The molecule has 0 aromatic heterocycles. The van der Waals surface area contributed by atoms with Crippen LogP contribution in [0.25, 0.3) is 0 Å². The maximum absolute atomic E-state index is 12.4. The van der Waals surface area contributed by atoms with Crippen LogP contribution in [0.4, 0.5) is 0 Å². The molecule has 144 valence electrons. The number of benzene rings is 3. The van der Waals surface area contributed by atoms with Gasteiger partial charge in [-0.25, -0.2) is 4.79 Å². The number of ether oxygens (including phenoxy) is 1. The quantitative estimate of drug-likeness (QED) is 0.378. The number of fused-ring (bicyclic) bond motifs is 1. The number of aryl methyl sites for hydroxylation is 1. The summed E-state index contributed by atoms with van der Waals surface area (Å²) in [5.41, 5.74) is 3.34. The Hall–Kier alpha value is -3.73. The molecule has 0 saturated carbocycles. The molecule has 1 heterocycles. The Morgan fingerprint density at radius 2 is 1.52 bits per heavy atom. The highest BCUT2D eigenvalue weighted by Gasteiger charge is 2.34. The van der Waals surface area contributed by atoms with Crippen LogP contribution in [0.2, 0.25) is 0 Å². The summed E-state index contributed by atoms with van der Waals surface area (Å²) in [7, 11) is 0. The largest absolute Gasteiger partial charge is 0.423 e. The third-order valence-corrected chi connectivity index (χ3v) is 4.89. The molecule has 0 spiro atoms. The molecule has 2 amide bonds. The normalized spacial score (nSPS) is 12.8. The van der Waals surface area contributed by atoms with Crippen LogP contribution in [0.5, 0.6) is 5.75 Å². The highest BCUT2D eigenvalue weighted by molar-refractivity contribution is 6.21. The summed E-state index contributed by atoms with van der Waals surface area (Å²) in [5, 5.41) is 0. The third-order valence-electron chi connectivity index (χ3n) is 4.89. The van der Waals surface area contributed by atoms with Gasteiger partial charge in [-0.05, 0) is 55.3 Å². The zero-order valence-corrected chi connectivity index (χ0v) is 15.9. The number of hydrogen-bond acceptors (Lipinski definition) is 4. The first-order valence-corrected chi connectivity index (χ1v) is 9.36. The molecule has 29 heavy (non-hydrogen) atoms. The lowest BCUT2D eigenvalue weighted by Crippen LogP contribution is -2.31. The summed E-state index contributed by atoms with van der Waals surface area (Å²) in [5.74, 6) is -0.475. The zero-order valence-electron chi connectivity index (χ0n) is 15.9. The van der Waals surface area contributed by atoms with Gasteiger partial charge in [-0.3, -0.25) is 14.5 Å². The van der Waals surface area contributed by atoms with E-state index in [0.717, 1.165) is 11.1 Å². The summed E-state index contributed by atoms with van der Waals surface area (Å²) in [6.45, 7) is 2.22. The standard InChI is InChI=1S/C24H19NO4/c1-16-5-4-6-18(15-16)24(28)29-19-11-9-17(10-12-19)13-14-25-22(26)20-7-2-3-8-21(20)23(25)27/h2-12,15H,13-14H2,1H3. The minimum absolute atomic E-state index is 0.255. The Balaban J connectivity index is 1.37. The van der Waals surface area contributed by atoms with E-state index in [0.29, 0.717) is 35.4 Å². The van der Waals surface area contributed by atoms with E-state index in [9.17, 15) is 14.4 Å². The molecule has 0 atom stereocenters. The highest BCUT2D eigenvalue weighted by atomic mass is 16.5. The lowest BCUT2D eigenvalue weighted by molar-refractivity contribution is 0.0654. The first-order valence-electron chi connectivity index (χ1n) is 9.36. The van der Waals surface area contributed by atoms with Gasteiger partial charge in [-0.2, -0.15) is 0 Å². The van der Waals surface area contributed by atoms with Crippen molar-refractivity contribution >= 4 is 17.8 Å². The molecular formula is C24H19NO4. The number of nitrogens with zero attached hydrogens (tertiary/aromatic N) is 1. The van der Waals surface area contributed by atoms with Crippen LogP contribution >= 0.6 is 0 Å². The van der Waals surface area contributed by atoms with Crippen molar-refractivity contribution in [3.05, 3.63) is 101 Å². The van der Waals surface area contributed by atoms with E-state index in [1.807, 2.05) is 31.2 Å². The first kappa shape index (κ1) is 18.6. The summed E-state index contributed by atoms with van der Waals surface area (Å²) in [4.78, 5) is 38.3. The monoisotopic (exact) mass is 385 g/mol. The molecule has 0 saturated heterocycles. The van der Waals surface area contributed by atoms with E-state index in [1.165, 1.54) is 4.90 Å². The lowest BCUT2D eigenvalue weighted by atomic mass is 10.1. The predicted molar refractivity (Wildman–Crippen MR) is 108 cm³/mol. The second-order valence-corrected chi connectivity index (χ2v) is 6.96. The van der Waals surface area contributed by atoms with Crippen LogP contribution in [0.3, 0.4) is 0 Å². The van der Waals surface area contributed by atoms with Gasteiger partial charge >= 0.3 is 5.97 Å². The minimum Gasteiger partial charge on any atom is -0.423 e. The van der Waals surface area contributed by atoms with Crippen LogP contribution in [0.1, 0.15) is 42.2 Å². The number of carbonyl (C=O) groups excluding carboxylic acids is 3. The summed E-state index contributed by atoms with van der Waals surface area (Å²) in [6.07, 6.45) is 0.525. The Morgan fingerprint density at radius 3 is 2.14 bits per heavy atom. The highest BCUT2D eigenvalue weighted by Crippen LogP contribution is 2.23. The number of esters is 1. The van der Waals surface area contributed by atoms with Crippen LogP contribution < -0.4 is 4.74 Å². The van der Waals surface area contributed by atoms with E-state index >= 15 is 0 Å². The van der Waals surface area contributed by atoms with Gasteiger partial charge in [0, 0.05) is 6.54 Å². The molecule has 0 aliphatic carbocycles. The SMILES string of the molecule is Cc1cccc(C(=O)Oc2ccc(CCN3C(=O)c4ccccc4C3=O)cc2)c1. The fourth-order valence-electron chi connectivity index (χ4n) is 3.35. The minimum atomic E-state index is -0.410. The Morgan fingerprint density at radius 1 is 0.862 bits per heavy atom. The third kappa shape index (κ3) is 3.80. The zero-order chi connectivity index (χ0) is 20.4. The Kier molecular flexibility index (Phi) is 4.96. The van der Waals surface area contributed by atoms with Crippen molar-refractivity contribution in [2.75, 3.05) is 6.54 Å². The lowest BCUT2D eigenvalue weighted by Gasteiger charge is -2.13. The van der Waals surface area contributed by atoms with E-state index in [4.69, 9.17) is 4.74 Å². The van der Waals surface area contributed by atoms with E-state index < -0.39 is 5.97 Å².